The van der Waals surface area contributed by atoms with E-state index in [4.69, 9.17) is 0 Å². The molecular formula is C19H18N2O. The lowest BCUT2D eigenvalue weighted by Gasteiger charge is -2.10. The molecule has 0 spiro atoms. The number of carbonyl (C=O) groups excluding carboxylic acids is 1. The topological polar surface area (TPSA) is 44.9 Å². The summed E-state index contributed by atoms with van der Waals surface area (Å²) in [5, 5.41) is 4.15. The van der Waals surface area contributed by atoms with Crippen molar-refractivity contribution < 1.29 is 4.79 Å². The molecule has 110 valence electrons. The van der Waals surface area contributed by atoms with Crippen LogP contribution in [0, 0.1) is 0 Å². The molecule has 22 heavy (non-hydrogen) atoms. The summed E-state index contributed by atoms with van der Waals surface area (Å²) in [6.07, 6.45) is 4.72. The molecule has 1 heterocycles. The Balaban J connectivity index is 1.68. The van der Waals surface area contributed by atoms with Crippen molar-refractivity contribution in [3.05, 3.63) is 65.4 Å². The maximum absolute atomic E-state index is 12.4. The van der Waals surface area contributed by atoms with E-state index < -0.39 is 0 Å². The molecule has 0 bridgehead atoms. The lowest BCUT2D eigenvalue weighted by atomic mass is 9.95. The van der Waals surface area contributed by atoms with Gasteiger partial charge in [-0.1, -0.05) is 18.2 Å². The highest BCUT2D eigenvalue weighted by atomic mass is 16.1. The molecule has 0 aliphatic heterocycles. The second kappa shape index (κ2) is 5.34. The summed E-state index contributed by atoms with van der Waals surface area (Å²) in [5.74, 6) is -0.0566. The van der Waals surface area contributed by atoms with Gasteiger partial charge >= 0.3 is 0 Å². The molecule has 2 aromatic carbocycles. The number of fused-ring (bicyclic) bond motifs is 3. The van der Waals surface area contributed by atoms with Gasteiger partial charge in [-0.2, -0.15) is 0 Å². The zero-order valence-electron chi connectivity index (χ0n) is 12.4. The average Bonchev–Trinajstić information content (AvgIpc) is 2.93. The van der Waals surface area contributed by atoms with E-state index in [1.807, 2.05) is 48.5 Å². The van der Waals surface area contributed by atoms with E-state index in [9.17, 15) is 4.79 Å². The predicted molar refractivity (Wildman–Crippen MR) is 89.3 cm³/mol. The normalized spacial score (nSPS) is 13.8. The van der Waals surface area contributed by atoms with Crippen LogP contribution < -0.4 is 5.32 Å². The number of aryl methyl sites for hydroxylation is 2. The quantitative estimate of drug-likeness (QED) is 0.726. The van der Waals surface area contributed by atoms with E-state index in [-0.39, 0.29) is 5.91 Å². The summed E-state index contributed by atoms with van der Waals surface area (Å²) in [7, 11) is 0. The van der Waals surface area contributed by atoms with Crippen molar-refractivity contribution in [3.63, 3.8) is 0 Å². The predicted octanol–water partition coefficient (Wildman–Crippen LogP) is 4.30. The van der Waals surface area contributed by atoms with E-state index in [1.165, 1.54) is 29.5 Å². The van der Waals surface area contributed by atoms with E-state index in [0.717, 1.165) is 24.0 Å². The Hall–Kier alpha value is -2.55. The van der Waals surface area contributed by atoms with Crippen molar-refractivity contribution in [2.75, 3.05) is 5.32 Å². The number of aromatic nitrogens is 1. The summed E-state index contributed by atoms with van der Waals surface area (Å²) in [6.45, 7) is 0. The molecule has 0 unspecified atom stereocenters. The molecule has 3 nitrogen and oxygen atoms in total. The van der Waals surface area contributed by atoms with Gasteiger partial charge in [-0.3, -0.25) is 4.79 Å². The maximum Gasteiger partial charge on any atom is 0.255 e. The SMILES string of the molecule is O=C(Nc1ccccc1)c1ccc2[nH]c3c(c2c1)CCCC3. The molecule has 0 fully saturated rings. The second-order valence-electron chi connectivity index (χ2n) is 5.87. The van der Waals surface area contributed by atoms with Gasteiger partial charge in [0.25, 0.3) is 5.91 Å². The van der Waals surface area contributed by atoms with E-state index in [0.29, 0.717) is 5.56 Å². The van der Waals surface area contributed by atoms with Gasteiger partial charge in [0.1, 0.15) is 0 Å². The number of rotatable bonds is 2. The standard InChI is InChI=1S/C19H18N2O/c22-19(20-14-6-2-1-3-7-14)13-10-11-18-16(12-13)15-8-4-5-9-17(15)21-18/h1-3,6-7,10-12,21H,4-5,8-9H2,(H,20,22). The Labute approximate surface area is 129 Å². The molecule has 1 aliphatic carbocycles. The first-order chi connectivity index (χ1) is 10.8. The summed E-state index contributed by atoms with van der Waals surface area (Å²) in [5.41, 5.74) is 5.42. The number of carbonyl (C=O) groups is 1. The van der Waals surface area contributed by atoms with Crippen LogP contribution in [0.5, 0.6) is 0 Å². The first-order valence-corrected chi connectivity index (χ1v) is 7.81. The lowest BCUT2D eigenvalue weighted by Crippen LogP contribution is -2.11. The number of nitrogens with one attached hydrogen (secondary N) is 2. The molecule has 1 amide bonds. The summed E-state index contributed by atoms with van der Waals surface area (Å²) >= 11 is 0. The fraction of sp³-hybridized carbons (Fsp3) is 0.211. The van der Waals surface area contributed by atoms with E-state index in [2.05, 4.69) is 10.3 Å². The first kappa shape index (κ1) is 13.1. The fourth-order valence-corrected chi connectivity index (χ4v) is 3.27. The number of hydrogen-bond acceptors (Lipinski definition) is 1. The average molecular weight is 290 g/mol. The highest BCUT2D eigenvalue weighted by Crippen LogP contribution is 2.29. The van der Waals surface area contributed by atoms with Gasteiger partial charge < -0.3 is 10.3 Å². The summed E-state index contributed by atoms with van der Waals surface area (Å²) < 4.78 is 0. The largest absolute Gasteiger partial charge is 0.358 e. The third-order valence-electron chi connectivity index (χ3n) is 4.39. The second-order valence-corrected chi connectivity index (χ2v) is 5.87. The number of H-pyrrole nitrogens is 1. The highest BCUT2D eigenvalue weighted by Gasteiger charge is 2.16. The van der Waals surface area contributed by atoms with Crippen LogP contribution in [-0.4, -0.2) is 10.9 Å². The van der Waals surface area contributed by atoms with E-state index >= 15 is 0 Å². The molecule has 2 N–H and O–H groups in total. The first-order valence-electron chi connectivity index (χ1n) is 7.81. The number of anilines is 1. The number of amides is 1. The minimum absolute atomic E-state index is 0.0566. The minimum atomic E-state index is -0.0566. The van der Waals surface area contributed by atoms with Crippen LogP contribution in [0.2, 0.25) is 0 Å². The third kappa shape index (κ3) is 2.29. The molecule has 0 saturated heterocycles. The molecular weight excluding hydrogens is 272 g/mol. The van der Waals surface area contributed by atoms with Gasteiger partial charge in [0.15, 0.2) is 0 Å². The number of benzene rings is 2. The molecule has 0 saturated carbocycles. The molecule has 0 radical (unpaired) electrons. The lowest BCUT2D eigenvalue weighted by molar-refractivity contribution is 0.102. The van der Waals surface area contributed by atoms with Gasteiger partial charge in [-0.25, -0.2) is 0 Å². The third-order valence-corrected chi connectivity index (χ3v) is 4.39. The van der Waals surface area contributed by atoms with Crippen molar-refractivity contribution in [3.8, 4) is 0 Å². The summed E-state index contributed by atoms with van der Waals surface area (Å²) in [6, 6.07) is 15.5. The maximum atomic E-state index is 12.4. The smallest absolute Gasteiger partial charge is 0.255 e. The van der Waals surface area contributed by atoms with Gasteiger partial charge in [-0.15, -0.1) is 0 Å². The minimum Gasteiger partial charge on any atom is -0.358 e. The van der Waals surface area contributed by atoms with Gasteiger partial charge in [0.05, 0.1) is 0 Å². The van der Waals surface area contributed by atoms with Crippen LogP contribution in [0.15, 0.2) is 48.5 Å². The zero-order chi connectivity index (χ0) is 14.9. The molecule has 1 aliphatic rings. The van der Waals surface area contributed by atoms with Gasteiger partial charge in [0.2, 0.25) is 0 Å². The monoisotopic (exact) mass is 290 g/mol. The highest BCUT2D eigenvalue weighted by molar-refractivity contribution is 6.06. The van der Waals surface area contributed by atoms with Gasteiger partial charge in [0, 0.05) is 27.8 Å². The molecule has 3 aromatic rings. The Kier molecular flexibility index (Phi) is 3.19. The number of para-hydroxylation sites is 1. The van der Waals surface area contributed by atoms with E-state index in [1.54, 1.807) is 0 Å². The number of aromatic amines is 1. The molecule has 1 aromatic heterocycles. The molecule has 4 rings (SSSR count). The Morgan fingerprint density at radius 1 is 1.00 bits per heavy atom. The van der Waals surface area contributed by atoms with Crippen LogP contribution >= 0.6 is 0 Å². The summed E-state index contributed by atoms with van der Waals surface area (Å²) in [4.78, 5) is 15.9. The molecule has 3 heteroatoms. The zero-order valence-corrected chi connectivity index (χ0v) is 12.4. The van der Waals surface area contributed by atoms with Crippen molar-refractivity contribution in [2.24, 2.45) is 0 Å². The Bertz CT molecular complexity index is 833. The van der Waals surface area contributed by atoms with Crippen LogP contribution in [0.1, 0.15) is 34.5 Å². The van der Waals surface area contributed by atoms with Crippen LogP contribution in [0.25, 0.3) is 10.9 Å². The van der Waals surface area contributed by atoms with Crippen molar-refractivity contribution in [2.45, 2.75) is 25.7 Å². The van der Waals surface area contributed by atoms with Crippen LogP contribution in [-0.2, 0) is 12.8 Å². The fourth-order valence-electron chi connectivity index (χ4n) is 3.27. The molecule has 0 atom stereocenters. The van der Waals surface area contributed by atoms with Gasteiger partial charge in [-0.05, 0) is 61.6 Å². The Morgan fingerprint density at radius 3 is 2.68 bits per heavy atom. The van der Waals surface area contributed by atoms with Crippen LogP contribution in [0.3, 0.4) is 0 Å². The number of hydrogen-bond donors (Lipinski definition) is 2. The van der Waals surface area contributed by atoms with Crippen molar-refractivity contribution in [1.82, 2.24) is 4.98 Å². The Morgan fingerprint density at radius 2 is 1.82 bits per heavy atom. The van der Waals surface area contributed by atoms with Crippen molar-refractivity contribution in [1.29, 1.82) is 0 Å². The van der Waals surface area contributed by atoms with Crippen LogP contribution in [0.4, 0.5) is 5.69 Å². The van der Waals surface area contributed by atoms with Crippen molar-refractivity contribution >= 4 is 22.5 Å².